The van der Waals surface area contributed by atoms with Crippen LogP contribution in [0.4, 0.5) is 5.69 Å². The summed E-state index contributed by atoms with van der Waals surface area (Å²) in [4.78, 5) is 10.2. The minimum absolute atomic E-state index is 0.145. The number of pyridine rings is 1. The van der Waals surface area contributed by atoms with Crippen LogP contribution in [0.2, 0.25) is 0 Å². The number of hydrogen-bond acceptors (Lipinski definition) is 3. The number of anilines is 1. The van der Waals surface area contributed by atoms with Crippen LogP contribution in [0.25, 0.3) is 10.9 Å². The summed E-state index contributed by atoms with van der Waals surface area (Å²) in [5, 5.41) is 24.5. The molecular formula is C11H10N4O2. The molecule has 1 amide bonds. The molecule has 0 aliphatic carbocycles. The van der Waals surface area contributed by atoms with Gasteiger partial charge in [-0.15, -0.1) is 0 Å². The van der Waals surface area contributed by atoms with E-state index >= 15 is 0 Å². The standard InChI is InChI=1S/C11H10N4O2/c12-11(13-7-16)14-9-5-6-15(17)10-4-2-1-3-8(9)10/h1-7H,(H3,12,13,14,16). The molecule has 0 aliphatic heterocycles. The molecule has 0 unspecified atom stereocenters. The summed E-state index contributed by atoms with van der Waals surface area (Å²) < 4.78 is 0.747. The van der Waals surface area contributed by atoms with Crippen LogP contribution in [0.3, 0.4) is 0 Å². The highest BCUT2D eigenvalue weighted by atomic mass is 16.5. The Hall–Kier alpha value is -2.63. The van der Waals surface area contributed by atoms with Gasteiger partial charge in [0.2, 0.25) is 11.9 Å². The minimum Gasteiger partial charge on any atom is -0.618 e. The van der Waals surface area contributed by atoms with Gasteiger partial charge in [0, 0.05) is 12.1 Å². The van der Waals surface area contributed by atoms with Gasteiger partial charge in [-0.1, -0.05) is 12.1 Å². The monoisotopic (exact) mass is 230 g/mol. The largest absolute Gasteiger partial charge is 0.618 e. The zero-order chi connectivity index (χ0) is 12.3. The third kappa shape index (κ3) is 2.15. The second-order valence-corrected chi connectivity index (χ2v) is 3.33. The molecule has 1 heterocycles. The fourth-order valence-electron chi connectivity index (χ4n) is 1.54. The van der Waals surface area contributed by atoms with E-state index in [1.807, 2.05) is 0 Å². The zero-order valence-electron chi connectivity index (χ0n) is 8.81. The smallest absolute Gasteiger partial charge is 0.225 e. The van der Waals surface area contributed by atoms with Crippen molar-refractivity contribution in [1.82, 2.24) is 5.32 Å². The Bertz CT molecular complexity index is 583. The van der Waals surface area contributed by atoms with Crippen LogP contribution in [-0.2, 0) is 4.79 Å². The first kappa shape index (κ1) is 10.9. The highest BCUT2D eigenvalue weighted by Crippen LogP contribution is 2.19. The van der Waals surface area contributed by atoms with Crippen molar-refractivity contribution in [2.45, 2.75) is 0 Å². The molecule has 2 aromatic rings. The molecule has 6 nitrogen and oxygen atoms in total. The lowest BCUT2D eigenvalue weighted by atomic mass is 10.2. The van der Waals surface area contributed by atoms with E-state index in [1.165, 1.54) is 6.20 Å². The first-order valence-corrected chi connectivity index (χ1v) is 4.89. The molecule has 86 valence electrons. The van der Waals surface area contributed by atoms with Gasteiger partial charge in [-0.2, -0.15) is 4.73 Å². The highest BCUT2D eigenvalue weighted by molar-refractivity contribution is 6.02. The van der Waals surface area contributed by atoms with E-state index in [1.54, 1.807) is 30.3 Å². The number of guanidine groups is 1. The number of nitrogens with one attached hydrogen (secondary N) is 3. The average Bonchev–Trinajstić information content (AvgIpc) is 2.34. The van der Waals surface area contributed by atoms with Gasteiger partial charge in [0.15, 0.2) is 12.2 Å². The normalized spacial score (nSPS) is 9.88. The quantitative estimate of drug-likeness (QED) is 0.231. The number of nitrogens with zero attached hydrogens (tertiary/aromatic N) is 1. The molecule has 0 radical (unpaired) electrons. The van der Waals surface area contributed by atoms with E-state index in [0.29, 0.717) is 23.0 Å². The van der Waals surface area contributed by atoms with Gasteiger partial charge in [0.1, 0.15) is 0 Å². The van der Waals surface area contributed by atoms with Crippen LogP contribution in [0.15, 0.2) is 36.5 Å². The number of hydrogen-bond donors (Lipinski definition) is 3. The average molecular weight is 230 g/mol. The Morgan fingerprint density at radius 3 is 2.88 bits per heavy atom. The van der Waals surface area contributed by atoms with Gasteiger partial charge in [-0.25, -0.2) is 0 Å². The SMILES string of the molecule is N=C(NC=O)Nc1cc[n+]([O-])c2ccccc12. The van der Waals surface area contributed by atoms with Crippen LogP contribution >= 0.6 is 0 Å². The number of carbonyl (C=O) groups is 1. The summed E-state index contributed by atoms with van der Waals surface area (Å²) in [6.07, 6.45) is 1.76. The molecule has 1 aromatic heterocycles. The predicted octanol–water partition coefficient (Wildman–Crippen LogP) is 0.566. The van der Waals surface area contributed by atoms with Gasteiger partial charge in [-0.3, -0.25) is 15.5 Å². The highest BCUT2D eigenvalue weighted by Gasteiger charge is 2.08. The van der Waals surface area contributed by atoms with Gasteiger partial charge < -0.3 is 10.5 Å². The first-order chi connectivity index (χ1) is 8.22. The predicted molar refractivity (Wildman–Crippen MR) is 63.5 cm³/mol. The maximum atomic E-state index is 11.5. The van der Waals surface area contributed by atoms with E-state index in [0.717, 1.165) is 4.73 Å². The van der Waals surface area contributed by atoms with E-state index in [-0.39, 0.29) is 5.96 Å². The topological polar surface area (TPSA) is 91.9 Å². The van der Waals surface area contributed by atoms with Crippen molar-refractivity contribution in [3.8, 4) is 0 Å². The van der Waals surface area contributed by atoms with Crippen molar-refractivity contribution < 1.29 is 9.52 Å². The maximum absolute atomic E-state index is 11.5. The Morgan fingerprint density at radius 2 is 2.12 bits per heavy atom. The van der Waals surface area contributed by atoms with Crippen LogP contribution in [-0.4, -0.2) is 12.4 Å². The van der Waals surface area contributed by atoms with E-state index in [4.69, 9.17) is 5.41 Å². The van der Waals surface area contributed by atoms with E-state index in [9.17, 15) is 10.0 Å². The molecule has 0 aliphatic rings. The third-order valence-electron chi connectivity index (χ3n) is 2.27. The molecule has 3 N–H and O–H groups in total. The number of carbonyl (C=O) groups excluding carboxylic acids is 1. The molecule has 2 rings (SSSR count). The molecule has 0 saturated carbocycles. The number of amides is 1. The molecule has 0 atom stereocenters. The summed E-state index contributed by atoms with van der Waals surface area (Å²) >= 11 is 0. The Kier molecular flexibility index (Phi) is 2.87. The van der Waals surface area contributed by atoms with Crippen molar-refractivity contribution in [3.05, 3.63) is 41.7 Å². The van der Waals surface area contributed by atoms with Crippen LogP contribution in [0, 0.1) is 10.6 Å². The van der Waals surface area contributed by atoms with Gasteiger partial charge in [-0.05, 0) is 6.07 Å². The molecule has 17 heavy (non-hydrogen) atoms. The maximum Gasteiger partial charge on any atom is 0.225 e. The van der Waals surface area contributed by atoms with Crippen LogP contribution < -0.4 is 15.4 Å². The summed E-state index contributed by atoms with van der Waals surface area (Å²) in [5.74, 6) is -0.145. The summed E-state index contributed by atoms with van der Waals surface area (Å²) in [5.41, 5.74) is 1.09. The summed E-state index contributed by atoms with van der Waals surface area (Å²) in [7, 11) is 0. The van der Waals surface area contributed by atoms with E-state index < -0.39 is 0 Å². The van der Waals surface area contributed by atoms with E-state index in [2.05, 4.69) is 10.6 Å². The Balaban J connectivity index is 2.44. The molecule has 0 spiro atoms. The van der Waals surface area contributed by atoms with Crippen molar-refractivity contribution in [2.24, 2.45) is 0 Å². The lowest BCUT2D eigenvalue weighted by molar-refractivity contribution is -0.576. The van der Waals surface area contributed by atoms with Gasteiger partial charge in [0.05, 0.1) is 11.1 Å². The van der Waals surface area contributed by atoms with Gasteiger partial charge >= 0.3 is 0 Å². The van der Waals surface area contributed by atoms with Gasteiger partial charge in [0.25, 0.3) is 0 Å². The van der Waals surface area contributed by atoms with Crippen molar-refractivity contribution >= 4 is 29.0 Å². The van der Waals surface area contributed by atoms with Crippen LogP contribution in [0.5, 0.6) is 0 Å². The second kappa shape index (κ2) is 4.48. The number of benzene rings is 1. The molecule has 1 aromatic carbocycles. The van der Waals surface area contributed by atoms with Crippen molar-refractivity contribution in [1.29, 1.82) is 5.41 Å². The third-order valence-corrected chi connectivity index (χ3v) is 2.27. The number of para-hydroxylation sites is 1. The van der Waals surface area contributed by atoms with Crippen molar-refractivity contribution in [3.63, 3.8) is 0 Å². The fourth-order valence-corrected chi connectivity index (χ4v) is 1.54. The number of rotatable bonds is 2. The summed E-state index contributed by atoms with van der Waals surface area (Å²) in [6.45, 7) is 0. The second-order valence-electron chi connectivity index (χ2n) is 3.33. The Labute approximate surface area is 97.0 Å². The van der Waals surface area contributed by atoms with Crippen molar-refractivity contribution in [2.75, 3.05) is 5.32 Å². The Morgan fingerprint density at radius 1 is 1.35 bits per heavy atom. The zero-order valence-corrected chi connectivity index (χ0v) is 8.81. The number of fused-ring (bicyclic) bond motifs is 1. The fraction of sp³-hybridized carbons (Fsp3) is 0. The molecule has 0 bridgehead atoms. The molecular weight excluding hydrogens is 220 g/mol. The molecule has 6 heteroatoms. The number of aromatic nitrogens is 1. The minimum atomic E-state index is -0.145. The lowest BCUT2D eigenvalue weighted by Crippen LogP contribution is -2.30. The molecule has 0 fully saturated rings. The summed E-state index contributed by atoms with van der Waals surface area (Å²) in [6, 6.07) is 8.56. The lowest BCUT2D eigenvalue weighted by Gasteiger charge is -2.09. The molecule has 0 saturated heterocycles. The first-order valence-electron chi connectivity index (χ1n) is 4.89. The van der Waals surface area contributed by atoms with Crippen LogP contribution in [0.1, 0.15) is 0 Å².